The summed E-state index contributed by atoms with van der Waals surface area (Å²) >= 11 is 7.13. The second-order valence-corrected chi connectivity index (χ2v) is 7.27. The van der Waals surface area contributed by atoms with Crippen molar-refractivity contribution >= 4 is 29.3 Å². The van der Waals surface area contributed by atoms with Crippen molar-refractivity contribution < 1.29 is 13.6 Å². The Kier molecular flexibility index (Phi) is 6.13. The van der Waals surface area contributed by atoms with Gasteiger partial charge in [-0.1, -0.05) is 41.6 Å². The molecule has 1 aromatic heterocycles. The fourth-order valence-corrected chi connectivity index (χ4v) is 3.29. The van der Waals surface area contributed by atoms with Gasteiger partial charge in [-0.25, -0.2) is 4.39 Å². The van der Waals surface area contributed by atoms with Gasteiger partial charge in [-0.3, -0.25) is 4.79 Å². The predicted molar refractivity (Wildman–Crippen MR) is 103 cm³/mol. The number of carbonyl (C=O) groups is 1. The molecule has 1 heterocycles. The number of halogens is 2. The predicted octanol–water partition coefficient (Wildman–Crippen LogP) is 4.84. The van der Waals surface area contributed by atoms with Gasteiger partial charge in [0.15, 0.2) is 0 Å². The molecule has 140 valence electrons. The maximum atomic E-state index is 13.1. The fourth-order valence-electron chi connectivity index (χ4n) is 2.41. The summed E-state index contributed by atoms with van der Waals surface area (Å²) in [6.45, 7) is 1.89. The molecule has 0 aliphatic carbocycles. The van der Waals surface area contributed by atoms with Crippen LogP contribution in [0.15, 0.2) is 58.2 Å². The van der Waals surface area contributed by atoms with Crippen molar-refractivity contribution in [2.45, 2.75) is 18.2 Å². The molecule has 2 aromatic carbocycles. The molecule has 0 N–H and O–H groups in total. The second-order valence-electron chi connectivity index (χ2n) is 5.90. The summed E-state index contributed by atoms with van der Waals surface area (Å²) in [5.41, 5.74) is 1.58. The van der Waals surface area contributed by atoms with Gasteiger partial charge in [-0.2, -0.15) is 0 Å². The molecular formula is C19H17ClFN3O2S. The summed E-state index contributed by atoms with van der Waals surface area (Å²) in [6.07, 6.45) is 0. The normalized spacial score (nSPS) is 12.0. The largest absolute Gasteiger partial charge is 0.411 e. The Morgan fingerprint density at radius 3 is 2.70 bits per heavy atom. The number of benzene rings is 2. The molecule has 1 unspecified atom stereocenters. The van der Waals surface area contributed by atoms with E-state index in [2.05, 4.69) is 10.2 Å². The highest BCUT2D eigenvalue weighted by atomic mass is 35.5. The summed E-state index contributed by atoms with van der Waals surface area (Å²) in [6, 6.07) is 13.0. The molecule has 0 saturated carbocycles. The average Bonchev–Trinajstić information content (AvgIpc) is 3.14. The van der Waals surface area contributed by atoms with Gasteiger partial charge in [-0.05, 0) is 42.8 Å². The third kappa shape index (κ3) is 4.87. The summed E-state index contributed by atoms with van der Waals surface area (Å²) in [7, 11) is 1.71. The van der Waals surface area contributed by atoms with Gasteiger partial charge in [0, 0.05) is 17.6 Å². The van der Waals surface area contributed by atoms with Gasteiger partial charge in [0.25, 0.3) is 5.22 Å². The van der Waals surface area contributed by atoms with Crippen LogP contribution in [0.25, 0.3) is 11.5 Å². The lowest BCUT2D eigenvalue weighted by Crippen LogP contribution is -2.31. The number of nitrogens with zero attached hydrogens (tertiary/aromatic N) is 3. The van der Waals surface area contributed by atoms with Gasteiger partial charge in [0.05, 0.1) is 11.8 Å². The van der Waals surface area contributed by atoms with E-state index in [0.717, 1.165) is 11.1 Å². The zero-order chi connectivity index (χ0) is 19.4. The number of hydrogen-bond donors (Lipinski definition) is 0. The van der Waals surface area contributed by atoms with Gasteiger partial charge in [0.2, 0.25) is 11.8 Å². The Labute approximate surface area is 165 Å². The van der Waals surface area contributed by atoms with E-state index in [0.29, 0.717) is 16.1 Å². The van der Waals surface area contributed by atoms with Crippen LogP contribution in [-0.4, -0.2) is 33.8 Å². The van der Waals surface area contributed by atoms with Gasteiger partial charge < -0.3 is 9.32 Å². The summed E-state index contributed by atoms with van der Waals surface area (Å²) in [5.74, 6) is 0.0985. The number of carbonyl (C=O) groups excluding carboxylic acids is 1. The van der Waals surface area contributed by atoms with Crippen molar-refractivity contribution in [2.24, 2.45) is 0 Å². The number of amides is 1. The first-order valence-corrected chi connectivity index (χ1v) is 9.54. The molecule has 1 amide bonds. The van der Waals surface area contributed by atoms with Crippen LogP contribution < -0.4 is 0 Å². The van der Waals surface area contributed by atoms with Crippen molar-refractivity contribution in [3.63, 3.8) is 0 Å². The van der Waals surface area contributed by atoms with E-state index in [1.165, 1.54) is 23.9 Å². The van der Waals surface area contributed by atoms with E-state index in [1.54, 1.807) is 42.3 Å². The Bertz CT molecular complexity index is 933. The van der Waals surface area contributed by atoms with Crippen molar-refractivity contribution in [2.75, 3.05) is 12.8 Å². The lowest BCUT2D eigenvalue weighted by molar-refractivity contribution is -0.128. The third-order valence-electron chi connectivity index (χ3n) is 4.12. The second kappa shape index (κ2) is 8.54. The van der Waals surface area contributed by atoms with Crippen LogP contribution in [0.1, 0.15) is 18.5 Å². The highest BCUT2D eigenvalue weighted by molar-refractivity contribution is 7.99. The highest BCUT2D eigenvalue weighted by Gasteiger charge is 2.19. The van der Waals surface area contributed by atoms with Crippen molar-refractivity contribution in [1.82, 2.24) is 15.1 Å². The molecular weight excluding hydrogens is 389 g/mol. The smallest absolute Gasteiger partial charge is 0.277 e. The van der Waals surface area contributed by atoms with Crippen molar-refractivity contribution in [3.8, 4) is 11.5 Å². The number of thioether (sulfide) groups is 1. The number of hydrogen-bond acceptors (Lipinski definition) is 5. The quantitative estimate of drug-likeness (QED) is 0.549. The van der Waals surface area contributed by atoms with Gasteiger partial charge in [0.1, 0.15) is 5.82 Å². The molecule has 0 aliphatic rings. The Hall–Kier alpha value is -2.38. The van der Waals surface area contributed by atoms with Gasteiger partial charge >= 0.3 is 0 Å². The fraction of sp³-hybridized carbons (Fsp3) is 0.211. The lowest BCUT2D eigenvalue weighted by Gasteiger charge is -2.25. The molecule has 0 saturated heterocycles. The molecule has 0 aliphatic heterocycles. The number of aromatic nitrogens is 2. The first-order valence-electron chi connectivity index (χ1n) is 8.17. The standard InChI is InChI=1S/C19H17ClFN3O2S/c1-12(13-6-8-16(21)9-7-13)24(2)17(25)11-27-19-23-22-18(26-19)14-4-3-5-15(20)10-14/h3-10,12H,11H2,1-2H3. The third-order valence-corrected chi connectivity index (χ3v) is 5.16. The molecule has 3 rings (SSSR count). The van der Waals surface area contributed by atoms with Crippen LogP contribution in [0.3, 0.4) is 0 Å². The van der Waals surface area contributed by atoms with Crippen LogP contribution in [0.5, 0.6) is 0 Å². The van der Waals surface area contributed by atoms with E-state index in [-0.39, 0.29) is 23.5 Å². The van der Waals surface area contributed by atoms with Crippen LogP contribution in [-0.2, 0) is 4.79 Å². The number of rotatable bonds is 6. The summed E-state index contributed by atoms with van der Waals surface area (Å²) < 4.78 is 18.6. The molecule has 0 fully saturated rings. The molecule has 0 spiro atoms. The minimum Gasteiger partial charge on any atom is -0.411 e. The lowest BCUT2D eigenvalue weighted by atomic mass is 10.1. The zero-order valence-corrected chi connectivity index (χ0v) is 16.3. The van der Waals surface area contributed by atoms with E-state index < -0.39 is 0 Å². The van der Waals surface area contributed by atoms with E-state index >= 15 is 0 Å². The molecule has 0 bridgehead atoms. The molecule has 5 nitrogen and oxygen atoms in total. The van der Waals surface area contributed by atoms with E-state index in [9.17, 15) is 9.18 Å². The van der Waals surface area contributed by atoms with Crippen LogP contribution >= 0.6 is 23.4 Å². The molecule has 8 heteroatoms. The molecule has 1 atom stereocenters. The minimum absolute atomic E-state index is 0.0978. The summed E-state index contributed by atoms with van der Waals surface area (Å²) in [5, 5.41) is 8.82. The first kappa shape index (κ1) is 19.4. The monoisotopic (exact) mass is 405 g/mol. The molecule has 0 radical (unpaired) electrons. The molecule has 27 heavy (non-hydrogen) atoms. The average molecular weight is 406 g/mol. The summed E-state index contributed by atoms with van der Waals surface area (Å²) in [4.78, 5) is 14.0. The van der Waals surface area contributed by atoms with Crippen LogP contribution in [0.2, 0.25) is 5.02 Å². The zero-order valence-electron chi connectivity index (χ0n) is 14.7. The van der Waals surface area contributed by atoms with Crippen molar-refractivity contribution in [3.05, 3.63) is 64.9 Å². The van der Waals surface area contributed by atoms with Crippen LogP contribution in [0, 0.1) is 5.82 Å². The molecule has 3 aromatic rings. The van der Waals surface area contributed by atoms with Gasteiger partial charge in [-0.15, -0.1) is 10.2 Å². The maximum Gasteiger partial charge on any atom is 0.277 e. The van der Waals surface area contributed by atoms with Crippen molar-refractivity contribution in [1.29, 1.82) is 0 Å². The van der Waals surface area contributed by atoms with E-state index in [1.807, 2.05) is 13.0 Å². The Morgan fingerprint density at radius 1 is 1.26 bits per heavy atom. The first-order chi connectivity index (χ1) is 12.9. The SMILES string of the molecule is CC(c1ccc(F)cc1)N(C)C(=O)CSc1nnc(-c2cccc(Cl)c2)o1. The maximum absolute atomic E-state index is 13.1. The Balaban J connectivity index is 1.59. The minimum atomic E-state index is -0.303. The Morgan fingerprint density at radius 2 is 2.00 bits per heavy atom. The van der Waals surface area contributed by atoms with Crippen LogP contribution in [0.4, 0.5) is 4.39 Å². The highest BCUT2D eigenvalue weighted by Crippen LogP contribution is 2.26. The topological polar surface area (TPSA) is 59.2 Å². The van der Waals surface area contributed by atoms with E-state index in [4.69, 9.17) is 16.0 Å².